The SMILES string of the molecule is Cc1ccc([N+](=O)[O-])cc1NC(=O)c1csc(-c2ccccc2)n1. The highest BCUT2D eigenvalue weighted by Crippen LogP contribution is 2.25. The van der Waals surface area contributed by atoms with E-state index in [1.807, 2.05) is 30.3 Å². The van der Waals surface area contributed by atoms with Gasteiger partial charge in [0.1, 0.15) is 10.7 Å². The molecule has 0 radical (unpaired) electrons. The lowest BCUT2D eigenvalue weighted by atomic mass is 10.2. The number of carbonyl (C=O) groups is 1. The molecule has 7 heteroatoms. The van der Waals surface area contributed by atoms with Crippen LogP contribution < -0.4 is 5.32 Å². The Balaban J connectivity index is 1.82. The molecule has 1 N–H and O–H groups in total. The van der Waals surface area contributed by atoms with Gasteiger partial charge in [-0.1, -0.05) is 36.4 Å². The molecular weight excluding hydrogens is 326 g/mol. The minimum atomic E-state index is -0.495. The number of nitrogens with zero attached hydrogens (tertiary/aromatic N) is 2. The molecular formula is C17H13N3O3S. The molecule has 3 rings (SSSR count). The minimum Gasteiger partial charge on any atom is -0.320 e. The van der Waals surface area contributed by atoms with Crippen molar-refractivity contribution in [3.8, 4) is 10.6 Å². The van der Waals surface area contributed by atoms with Crippen molar-refractivity contribution < 1.29 is 9.72 Å². The number of rotatable bonds is 4. The van der Waals surface area contributed by atoms with Crippen molar-refractivity contribution in [1.29, 1.82) is 0 Å². The molecule has 0 aliphatic heterocycles. The van der Waals surface area contributed by atoms with Gasteiger partial charge in [0.15, 0.2) is 0 Å². The molecule has 1 heterocycles. The van der Waals surface area contributed by atoms with Crippen molar-refractivity contribution in [3.63, 3.8) is 0 Å². The zero-order valence-electron chi connectivity index (χ0n) is 12.7. The molecule has 6 nitrogen and oxygen atoms in total. The van der Waals surface area contributed by atoms with Crippen LogP contribution in [0.3, 0.4) is 0 Å². The number of non-ortho nitro benzene ring substituents is 1. The van der Waals surface area contributed by atoms with Crippen LogP contribution in [0.25, 0.3) is 10.6 Å². The number of nitro groups is 1. The van der Waals surface area contributed by atoms with E-state index in [4.69, 9.17) is 0 Å². The maximum atomic E-state index is 12.4. The van der Waals surface area contributed by atoms with Crippen LogP contribution in [0.1, 0.15) is 16.1 Å². The highest BCUT2D eigenvalue weighted by atomic mass is 32.1. The Morgan fingerprint density at radius 3 is 2.67 bits per heavy atom. The molecule has 0 aliphatic rings. The zero-order chi connectivity index (χ0) is 17.1. The molecule has 0 spiro atoms. The second-order valence-electron chi connectivity index (χ2n) is 5.11. The Bertz CT molecular complexity index is 906. The number of nitro benzene ring substituents is 1. The standard InChI is InChI=1S/C17H13N3O3S/c1-11-7-8-13(20(22)23)9-14(11)18-16(21)15-10-24-17(19-15)12-5-3-2-4-6-12/h2-10H,1H3,(H,18,21). The summed E-state index contributed by atoms with van der Waals surface area (Å²) in [5.41, 5.74) is 2.30. The van der Waals surface area contributed by atoms with Crippen LogP contribution in [0.4, 0.5) is 11.4 Å². The Morgan fingerprint density at radius 1 is 1.21 bits per heavy atom. The van der Waals surface area contributed by atoms with Crippen molar-refractivity contribution in [3.05, 3.63) is 75.3 Å². The van der Waals surface area contributed by atoms with Crippen LogP contribution in [-0.4, -0.2) is 15.8 Å². The van der Waals surface area contributed by atoms with E-state index in [0.29, 0.717) is 5.69 Å². The molecule has 1 amide bonds. The third kappa shape index (κ3) is 3.31. The summed E-state index contributed by atoms with van der Waals surface area (Å²) < 4.78 is 0. The summed E-state index contributed by atoms with van der Waals surface area (Å²) in [6, 6.07) is 13.9. The molecule has 1 aromatic heterocycles. The molecule has 3 aromatic rings. The van der Waals surface area contributed by atoms with Gasteiger partial charge in [-0.05, 0) is 12.5 Å². The highest BCUT2D eigenvalue weighted by Gasteiger charge is 2.15. The van der Waals surface area contributed by atoms with Crippen molar-refractivity contribution in [2.45, 2.75) is 6.92 Å². The van der Waals surface area contributed by atoms with Crippen molar-refractivity contribution in [1.82, 2.24) is 4.98 Å². The number of anilines is 1. The van der Waals surface area contributed by atoms with Gasteiger partial charge in [0.2, 0.25) is 0 Å². The third-order valence-electron chi connectivity index (χ3n) is 3.44. The number of amides is 1. The quantitative estimate of drug-likeness (QED) is 0.568. The van der Waals surface area contributed by atoms with Crippen LogP contribution in [-0.2, 0) is 0 Å². The average Bonchev–Trinajstić information content (AvgIpc) is 3.07. The van der Waals surface area contributed by atoms with Gasteiger partial charge < -0.3 is 5.32 Å². The topological polar surface area (TPSA) is 85.1 Å². The second kappa shape index (κ2) is 6.59. The van der Waals surface area contributed by atoms with E-state index >= 15 is 0 Å². The fourth-order valence-electron chi connectivity index (χ4n) is 2.14. The molecule has 0 bridgehead atoms. The molecule has 2 aromatic carbocycles. The zero-order valence-corrected chi connectivity index (χ0v) is 13.5. The third-order valence-corrected chi connectivity index (χ3v) is 4.33. The largest absolute Gasteiger partial charge is 0.320 e. The van der Waals surface area contributed by atoms with Crippen LogP contribution >= 0.6 is 11.3 Å². The van der Waals surface area contributed by atoms with E-state index < -0.39 is 10.8 Å². The summed E-state index contributed by atoms with van der Waals surface area (Å²) in [4.78, 5) is 27.1. The molecule has 0 saturated carbocycles. The van der Waals surface area contributed by atoms with Gasteiger partial charge in [-0.3, -0.25) is 14.9 Å². The lowest BCUT2D eigenvalue weighted by molar-refractivity contribution is -0.384. The summed E-state index contributed by atoms with van der Waals surface area (Å²) in [5.74, 6) is -0.392. The van der Waals surface area contributed by atoms with Crippen LogP contribution in [0, 0.1) is 17.0 Å². The fraction of sp³-hybridized carbons (Fsp3) is 0.0588. The van der Waals surface area contributed by atoms with E-state index in [1.54, 1.807) is 18.4 Å². The molecule has 0 saturated heterocycles. The van der Waals surface area contributed by atoms with E-state index in [1.165, 1.54) is 23.5 Å². The van der Waals surface area contributed by atoms with Gasteiger partial charge in [0.05, 0.1) is 10.6 Å². The molecule has 24 heavy (non-hydrogen) atoms. The number of hydrogen-bond donors (Lipinski definition) is 1. The minimum absolute atomic E-state index is 0.0702. The first-order valence-electron chi connectivity index (χ1n) is 7.12. The van der Waals surface area contributed by atoms with E-state index in [0.717, 1.165) is 16.1 Å². The summed E-state index contributed by atoms with van der Waals surface area (Å²) >= 11 is 1.37. The molecule has 0 atom stereocenters. The summed E-state index contributed by atoms with van der Waals surface area (Å²) in [6.07, 6.45) is 0. The Labute approximate surface area is 141 Å². The smallest absolute Gasteiger partial charge is 0.275 e. The summed E-state index contributed by atoms with van der Waals surface area (Å²) in [5, 5.41) is 16.0. The van der Waals surface area contributed by atoms with Gasteiger partial charge in [-0.2, -0.15) is 0 Å². The number of aromatic nitrogens is 1. The number of aryl methyl sites for hydroxylation is 1. The van der Waals surface area contributed by atoms with Crippen molar-refractivity contribution in [2.24, 2.45) is 0 Å². The van der Waals surface area contributed by atoms with Gasteiger partial charge in [0, 0.05) is 23.1 Å². The maximum Gasteiger partial charge on any atom is 0.275 e. The second-order valence-corrected chi connectivity index (χ2v) is 5.97. The summed E-state index contributed by atoms with van der Waals surface area (Å²) in [7, 11) is 0. The van der Waals surface area contributed by atoms with Gasteiger partial charge in [0.25, 0.3) is 11.6 Å². The number of hydrogen-bond acceptors (Lipinski definition) is 5. The number of thiazole rings is 1. The molecule has 0 fully saturated rings. The van der Waals surface area contributed by atoms with E-state index in [9.17, 15) is 14.9 Å². The van der Waals surface area contributed by atoms with E-state index in [2.05, 4.69) is 10.3 Å². The fourth-order valence-corrected chi connectivity index (χ4v) is 2.94. The van der Waals surface area contributed by atoms with Crippen molar-refractivity contribution in [2.75, 3.05) is 5.32 Å². The molecule has 120 valence electrons. The monoisotopic (exact) mass is 339 g/mol. The summed E-state index contributed by atoms with van der Waals surface area (Å²) in [6.45, 7) is 1.77. The van der Waals surface area contributed by atoms with Crippen LogP contribution in [0.5, 0.6) is 0 Å². The maximum absolute atomic E-state index is 12.4. The first-order chi connectivity index (χ1) is 11.5. The lowest BCUT2D eigenvalue weighted by Gasteiger charge is -2.06. The Morgan fingerprint density at radius 2 is 1.96 bits per heavy atom. The molecule has 0 aliphatic carbocycles. The van der Waals surface area contributed by atoms with Gasteiger partial charge >= 0.3 is 0 Å². The number of carbonyl (C=O) groups excluding carboxylic acids is 1. The van der Waals surface area contributed by atoms with Crippen molar-refractivity contribution >= 4 is 28.6 Å². The van der Waals surface area contributed by atoms with Gasteiger partial charge in [-0.15, -0.1) is 11.3 Å². The first kappa shape index (κ1) is 15.8. The highest BCUT2D eigenvalue weighted by molar-refractivity contribution is 7.13. The van der Waals surface area contributed by atoms with Crippen LogP contribution in [0.2, 0.25) is 0 Å². The van der Waals surface area contributed by atoms with Gasteiger partial charge in [-0.25, -0.2) is 4.98 Å². The molecule has 0 unspecified atom stereocenters. The Hall–Kier alpha value is -3.06. The predicted octanol–water partition coefficient (Wildman–Crippen LogP) is 4.28. The predicted molar refractivity (Wildman–Crippen MR) is 93.3 cm³/mol. The normalized spacial score (nSPS) is 10.4. The number of benzene rings is 2. The van der Waals surface area contributed by atoms with Crippen LogP contribution in [0.15, 0.2) is 53.9 Å². The lowest BCUT2D eigenvalue weighted by Crippen LogP contribution is -2.13. The number of nitrogens with one attached hydrogen (secondary N) is 1. The Kier molecular flexibility index (Phi) is 4.35. The average molecular weight is 339 g/mol. The first-order valence-corrected chi connectivity index (χ1v) is 8.00. The van der Waals surface area contributed by atoms with E-state index in [-0.39, 0.29) is 11.4 Å².